The summed E-state index contributed by atoms with van der Waals surface area (Å²) in [5.74, 6) is 0. The number of fused-ring (bicyclic) bond motifs is 1. The van der Waals surface area contributed by atoms with Crippen molar-refractivity contribution in [3.63, 3.8) is 0 Å². The first-order valence-electron chi connectivity index (χ1n) is 4.47. The van der Waals surface area contributed by atoms with Crippen LogP contribution in [0, 0.1) is 7.43 Å². The van der Waals surface area contributed by atoms with Gasteiger partial charge in [0.15, 0.2) is 6.03 Å². The molecule has 0 aromatic carbocycles. The number of rotatable bonds is 0. The van der Waals surface area contributed by atoms with Crippen LogP contribution >= 0.6 is 0 Å². The van der Waals surface area contributed by atoms with Gasteiger partial charge < -0.3 is 17.7 Å². The molecule has 16 heavy (non-hydrogen) atoms. The Kier molecular flexibility index (Phi) is 9.29. The van der Waals surface area contributed by atoms with Crippen molar-refractivity contribution in [1.82, 2.24) is 9.55 Å². The summed E-state index contributed by atoms with van der Waals surface area (Å²) in [6.45, 7) is 4.00. The molecule has 2 aromatic rings. The number of nitrogens with one attached hydrogen (secondary N) is 1. The zero-order chi connectivity index (χ0) is 10.6. The zero-order valence-electron chi connectivity index (χ0n) is 9.77. The maximum absolute atomic E-state index is 10.7. The number of hydrogen-bond donors (Lipinski definition) is 0. The first kappa shape index (κ1) is 17.7. The first-order chi connectivity index (χ1) is 6.79. The van der Waals surface area contributed by atoms with Crippen LogP contribution in [0.4, 0.5) is 4.79 Å². The summed E-state index contributed by atoms with van der Waals surface area (Å²) < 4.78 is 1.20. The summed E-state index contributed by atoms with van der Waals surface area (Å²) in [6, 6.07) is 4.64. The summed E-state index contributed by atoms with van der Waals surface area (Å²) in [5.41, 5.74) is 7.44. The molecule has 5 heteroatoms. The number of amides is 1. The van der Waals surface area contributed by atoms with Gasteiger partial charge in [0.05, 0.1) is 5.65 Å². The van der Waals surface area contributed by atoms with Crippen LogP contribution in [0.1, 0.15) is 13.8 Å². The Morgan fingerprint density at radius 3 is 2.56 bits per heavy atom. The van der Waals surface area contributed by atoms with E-state index in [4.69, 9.17) is 5.73 Å². The van der Waals surface area contributed by atoms with Crippen molar-refractivity contribution in [3.8, 4) is 0 Å². The normalized spacial score (nSPS) is 8.12. The van der Waals surface area contributed by atoms with Gasteiger partial charge in [0.25, 0.3) is 0 Å². The second-order valence-electron chi connectivity index (χ2n) is 2.41. The van der Waals surface area contributed by atoms with Gasteiger partial charge in [0.2, 0.25) is 0 Å². The van der Waals surface area contributed by atoms with Crippen LogP contribution in [0.3, 0.4) is 0 Å². The molecule has 2 rings (SSSR count). The summed E-state index contributed by atoms with van der Waals surface area (Å²) in [5, 5.41) is 0.873. The van der Waals surface area contributed by atoms with Crippen LogP contribution in [0.25, 0.3) is 16.8 Å². The minimum absolute atomic E-state index is 0. The van der Waals surface area contributed by atoms with Crippen molar-refractivity contribution >= 4 is 17.1 Å². The Morgan fingerprint density at radius 2 is 2.00 bits per heavy atom. The van der Waals surface area contributed by atoms with E-state index in [1.165, 1.54) is 4.57 Å². The van der Waals surface area contributed by atoms with Crippen molar-refractivity contribution < 1.29 is 37.5 Å². The number of carbonyl (C=O) groups excluding carboxylic acids is 1. The molecular formula is C11H15N3OY-2. The van der Waals surface area contributed by atoms with Gasteiger partial charge >= 0.3 is 0 Å². The molecular weight excluding hydrogens is 279 g/mol. The quantitative estimate of drug-likeness (QED) is 0.698. The van der Waals surface area contributed by atoms with Gasteiger partial charge in [-0.25, -0.2) is 0 Å². The van der Waals surface area contributed by atoms with Crippen molar-refractivity contribution in [2.45, 2.75) is 13.8 Å². The van der Waals surface area contributed by atoms with Crippen molar-refractivity contribution in [3.05, 3.63) is 43.8 Å². The molecule has 0 aliphatic rings. The molecule has 0 aliphatic heterocycles. The van der Waals surface area contributed by atoms with Crippen molar-refractivity contribution in [1.29, 1.82) is 0 Å². The molecule has 0 atom stereocenters. The smallest absolute Gasteiger partial charge is 0.160 e. The molecule has 0 bridgehead atoms. The van der Waals surface area contributed by atoms with Gasteiger partial charge in [-0.3, -0.25) is 9.78 Å². The molecule has 2 aromatic heterocycles. The van der Waals surface area contributed by atoms with E-state index in [2.05, 4.69) is 4.98 Å². The Morgan fingerprint density at radius 1 is 1.38 bits per heavy atom. The number of hydrogen-bond acceptors (Lipinski definition) is 2. The fourth-order valence-corrected chi connectivity index (χ4v) is 1.13. The number of carbonyl (C=O) groups is 1. The van der Waals surface area contributed by atoms with Gasteiger partial charge in [0, 0.05) is 38.9 Å². The molecule has 1 radical (unpaired) electrons. The molecule has 2 heterocycles. The van der Waals surface area contributed by atoms with E-state index in [1.807, 2.05) is 19.9 Å². The van der Waals surface area contributed by atoms with E-state index in [0.29, 0.717) is 5.65 Å². The van der Waals surface area contributed by atoms with Crippen molar-refractivity contribution in [2.24, 2.45) is 0 Å². The average molecular weight is 294 g/mol. The molecule has 0 fully saturated rings. The molecule has 0 aliphatic carbocycles. The molecule has 0 saturated carbocycles. The fourth-order valence-electron chi connectivity index (χ4n) is 1.13. The van der Waals surface area contributed by atoms with E-state index in [0.717, 1.165) is 5.39 Å². The van der Waals surface area contributed by atoms with E-state index < -0.39 is 6.03 Å². The second-order valence-corrected chi connectivity index (χ2v) is 2.41. The Labute approximate surface area is 121 Å². The third-order valence-electron chi connectivity index (χ3n) is 1.67. The Hall–Kier alpha value is -0.736. The molecule has 0 spiro atoms. The summed E-state index contributed by atoms with van der Waals surface area (Å²) in [6.07, 6.45) is 3.15. The molecule has 4 nitrogen and oxygen atoms in total. The Balaban J connectivity index is 0. The monoisotopic (exact) mass is 294 g/mol. The predicted octanol–water partition coefficient (Wildman–Crippen LogP) is 3.53. The largest absolute Gasteiger partial charge is 0.447 e. The predicted molar refractivity (Wildman–Crippen MR) is 62.6 cm³/mol. The summed E-state index contributed by atoms with van der Waals surface area (Å²) in [7, 11) is 0. The number of nitrogens with zero attached hydrogens (tertiary/aromatic N) is 2. The fraction of sp³-hybridized carbons (Fsp3) is 0.182. The van der Waals surface area contributed by atoms with E-state index in [-0.39, 0.29) is 40.1 Å². The van der Waals surface area contributed by atoms with Gasteiger partial charge in [-0.05, 0) is 11.5 Å². The van der Waals surface area contributed by atoms with E-state index in [9.17, 15) is 4.79 Å². The van der Waals surface area contributed by atoms with E-state index in [1.54, 1.807) is 24.5 Å². The molecule has 1 N–H and O–H groups in total. The maximum Gasteiger partial charge on any atom is 0.160 e. The van der Waals surface area contributed by atoms with Crippen LogP contribution in [0.15, 0.2) is 30.6 Å². The summed E-state index contributed by atoms with van der Waals surface area (Å²) in [4.78, 5) is 14.7. The van der Waals surface area contributed by atoms with Gasteiger partial charge in [0.1, 0.15) is 0 Å². The number of aromatic nitrogens is 2. The molecule has 0 saturated heterocycles. The van der Waals surface area contributed by atoms with Gasteiger partial charge in [-0.1, -0.05) is 32.2 Å². The van der Waals surface area contributed by atoms with Crippen LogP contribution in [0.2, 0.25) is 0 Å². The minimum atomic E-state index is -0.760. The average Bonchev–Trinajstić information content (AvgIpc) is 2.64. The minimum Gasteiger partial charge on any atom is -0.447 e. The second kappa shape index (κ2) is 8.42. The van der Waals surface area contributed by atoms with Crippen LogP contribution in [0.5, 0.6) is 0 Å². The van der Waals surface area contributed by atoms with Gasteiger partial charge in [-0.2, -0.15) is 0 Å². The molecule has 1 amide bonds. The maximum atomic E-state index is 10.7. The van der Waals surface area contributed by atoms with Crippen LogP contribution in [-0.4, -0.2) is 15.6 Å². The first-order valence-corrected chi connectivity index (χ1v) is 4.47. The van der Waals surface area contributed by atoms with Gasteiger partial charge in [-0.15, -0.1) is 0 Å². The standard InChI is InChI=1S/C8H7N3O.C2H6.CH3.Y/c9-8(12)11-5-3-6-2-1-4-10-7(6)11;1-2;;/h1-5H,(H2,9,12);1-2H3;1H3;/q;;-1;/p-1. The topological polar surface area (TPSA) is 58.7 Å². The van der Waals surface area contributed by atoms with Crippen molar-refractivity contribution in [2.75, 3.05) is 0 Å². The Bertz CT molecular complexity index is 439. The van der Waals surface area contributed by atoms with Crippen LogP contribution in [-0.2, 0) is 32.7 Å². The third kappa shape index (κ3) is 3.69. The molecule has 85 valence electrons. The van der Waals surface area contributed by atoms with Crippen LogP contribution < -0.4 is 0 Å². The third-order valence-corrected chi connectivity index (χ3v) is 1.67. The van der Waals surface area contributed by atoms with E-state index >= 15 is 0 Å². The molecule has 0 unspecified atom stereocenters. The summed E-state index contributed by atoms with van der Waals surface area (Å²) >= 11 is 0. The number of pyridine rings is 1. The zero-order valence-corrected chi connectivity index (χ0v) is 12.6. The SMILES string of the molecule is CC.[CH3-].[NH-]C(=O)n1ccc2cccnc21.[Y].